The minimum Gasteiger partial charge on any atom is -0.489 e. The molecule has 0 saturated carbocycles. The molecule has 0 radical (unpaired) electrons. The van der Waals surface area contributed by atoms with Crippen LogP contribution in [0.15, 0.2) is 60.8 Å². The first-order valence-electron chi connectivity index (χ1n) is 11.6. The maximum atomic E-state index is 13.4. The summed E-state index contributed by atoms with van der Waals surface area (Å²) in [5.41, 5.74) is 0.661. The number of halogens is 3. The van der Waals surface area contributed by atoms with Crippen LogP contribution < -0.4 is 10.1 Å². The third-order valence-electron chi connectivity index (χ3n) is 6.71. The van der Waals surface area contributed by atoms with Crippen molar-refractivity contribution in [2.45, 2.75) is 50.6 Å². The molecular weight excluding hydrogens is 457 g/mol. The fourth-order valence-corrected chi connectivity index (χ4v) is 4.89. The summed E-state index contributed by atoms with van der Waals surface area (Å²) in [7, 11) is 0. The zero-order valence-corrected chi connectivity index (χ0v) is 19.5. The second kappa shape index (κ2) is 8.62. The van der Waals surface area contributed by atoms with Crippen LogP contribution in [0.2, 0.25) is 0 Å². The Kier molecular flexibility index (Phi) is 5.73. The number of alkyl halides is 3. The van der Waals surface area contributed by atoms with Gasteiger partial charge < -0.3 is 15.0 Å². The molecule has 2 unspecified atom stereocenters. The number of hydrogen-bond donors (Lipinski definition) is 1. The van der Waals surface area contributed by atoms with E-state index in [1.54, 1.807) is 11.1 Å². The number of amides is 1. The van der Waals surface area contributed by atoms with E-state index >= 15 is 0 Å². The number of hydrogen-bond acceptors (Lipinski definition) is 4. The van der Waals surface area contributed by atoms with E-state index in [-0.39, 0.29) is 23.6 Å². The van der Waals surface area contributed by atoms with Crippen LogP contribution in [0.3, 0.4) is 0 Å². The van der Waals surface area contributed by atoms with Gasteiger partial charge in [-0.15, -0.1) is 0 Å². The molecule has 2 aliphatic heterocycles. The quantitative estimate of drug-likeness (QED) is 0.532. The monoisotopic (exact) mass is 484 g/mol. The lowest BCUT2D eigenvalue weighted by atomic mass is 9.89. The molecule has 3 aromatic rings. The van der Waals surface area contributed by atoms with E-state index in [1.807, 2.05) is 22.9 Å². The largest absolute Gasteiger partial charge is 0.489 e. The summed E-state index contributed by atoms with van der Waals surface area (Å²) >= 11 is 0. The van der Waals surface area contributed by atoms with Crippen LogP contribution in [0.5, 0.6) is 5.75 Å². The molecule has 3 heterocycles. The standard InChI is InChI=1S/C26H27F3N4O2/c1-25(2)14-22(17-6-4-3-5-7-17)31-23-21(15-30-33(23)25)24(34)32-13-12-20(16-32)35-19-10-8-18(9-11-19)26(27,28)29/h3-11,15,20,22,31H,12-14,16H2,1-2H3. The average molecular weight is 485 g/mol. The van der Waals surface area contributed by atoms with E-state index in [9.17, 15) is 18.0 Å². The third kappa shape index (κ3) is 4.59. The first-order valence-corrected chi connectivity index (χ1v) is 11.6. The average Bonchev–Trinajstić information content (AvgIpc) is 3.46. The molecule has 0 aliphatic carbocycles. The molecule has 0 bridgehead atoms. The van der Waals surface area contributed by atoms with Crippen molar-refractivity contribution in [2.24, 2.45) is 0 Å². The van der Waals surface area contributed by atoms with Crippen molar-refractivity contribution in [3.63, 3.8) is 0 Å². The number of aromatic nitrogens is 2. The predicted molar refractivity (Wildman–Crippen MR) is 125 cm³/mol. The Morgan fingerprint density at radius 2 is 1.83 bits per heavy atom. The van der Waals surface area contributed by atoms with E-state index in [0.717, 1.165) is 24.1 Å². The highest BCUT2D eigenvalue weighted by Gasteiger charge is 2.38. The molecule has 6 nitrogen and oxygen atoms in total. The molecule has 2 atom stereocenters. The predicted octanol–water partition coefficient (Wildman–Crippen LogP) is 5.49. The Balaban J connectivity index is 1.29. The fourth-order valence-electron chi connectivity index (χ4n) is 4.89. The number of fused-ring (bicyclic) bond motifs is 1. The number of likely N-dealkylation sites (tertiary alicyclic amines) is 1. The van der Waals surface area contributed by atoms with Gasteiger partial charge in [0.25, 0.3) is 5.91 Å². The topological polar surface area (TPSA) is 59.4 Å². The molecule has 1 N–H and O–H groups in total. The lowest BCUT2D eigenvalue weighted by Crippen LogP contribution is -2.39. The first kappa shape index (κ1) is 23.3. The van der Waals surface area contributed by atoms with Crippen LogP contribution in [0, 0.1) is 0 Å². The molecule has 0 spiro atoms. The van der Waals surface area contributed by atoms with Gasteiger partial charge in [-0.3, -0.25) is 4.79 Å². The summed E-state index contributed by atoms with van der Waals surface area (Å²) in [6.45, 7) is 5.08. The normalized spacial score (nSPS) is 21.3. The highest BCUT2D eigenvalue weighted by molar-refractivity contribution is 5.99. The molecule has 9 heteroatoms. The highest BCUT2D eigenvalue weighted by atomic mass is 19.4. The van der Waals surface area contributed by atoms with E-state index in [1.165, 1.54) is 12.1 Å². The van der Waals surface area contributed by atoms with Gasteiger partial charge in [0.1, 0.15) is 23.2 Å². The zero-order chi connectivity index (χ0) is 24.8. The maximum absolute atomic E-state index is 13.4. The van der Waals surface area contributed by atoms with Crippen LogP contribution in [-0.4, -0.2) is 39.8 Å². The van der Waals surface area contributed by atoms with Gasteiger partial charge >= 0.3 is 6.18 Å². The van der Waals surface area contributed by atoms with Crippen molar-refractivity contribution in [1.29, 1.82) is 0 Å². The summed E-state index contributed by atoms with van der Waals surface area (Å²) in [5, 5.41) is 8.05. The van der Waals surface area contributed by atoms with Crippen LogP contribution in [0.25, 0.3) is 0 Å². The molecule has 35 heavy (non-hydrogen) atoms. The lowest BCUT2D eigenvalue weighted by molar-refractivity contribution is -0.137. The van der Waals surface area contributed by atoms with Gasteiger partial charge in [0, 0.05) is 13.0 Å². The highest BCUT2D eigenvalue weighted by Crippen LogP contribution is 2.40. The van der Waals surface area contributed by atoms with Gasteiger partial charge in [0.05, 0.1) is 29.9 Å². The Labute approximate surface area is 201 Å². The van der Waals surface area contributed by atoms with Crippen LogP contribution >= 0.6 is 0 Å². The van der Waals surface area contributed by atoms with Gasteiger partial charge in [-0.25, -0.2) is 4.68 Å². The van der Waals surface area contributed by atoms with E-state index in [4.69, 9.17) is 4.74 Å². The number of carbonyl (C=O) groups excluding carboxylic acids is 1. The molecular formula is C26H27F3N4O2. The van der Waals surface area contributed by atoms with Gasteiger partial charge in [-0.1, -0.05) is 30.3 Å². The SMILES string of the molecule is CC1(C)CC(c2ccccc2)Nc2c(C(=O)N3CCC(Oc4ccc(C(F)(F)F)cc4)C3)cnn21. The van der Waals surface area contributed by atoms with Crippen molar-refractivity contribution in [2.75, 3.05) is 18.4 Å². The third-order valence-corrected chi connectivity index (χ3v) is 6.71. The fraction of sp³-hybridized carbons (Fsp3) is 0.385. The molecule has 2 aromatic carbocycles. The summed E-state index contributed by atoms with van der Waals surface area (Å²) in [5.74, 6) is 0.920. The van der Waals surface area contributed by atoms with Gasteiger partial charge in [-0.05, 0) is 50.1 Å². The lowest BCUT2D eigenvalue weighted by Gasteiger charge is -2.38. The molecule has 1 saturated heterocycles. The summed E-state index contributed by atoms with van der Waals surface area (Å²) in [6.07, 6.45) is -1.64. The molecule has 1 amide bonds. The minimum atomic E-state index is -4.39. The Morgan fingerprint density at radius 1 is 1.11 bits per heavy atom. The second-order valence-electron chi connectivity index (χ2n) is 9.74. The second-order valence-corrected chi connectivity index (χ2v) is 9.74. The molecule has 184 valence electrons. The van der Waals surface area contributed by atoms with Crippen molar-refractivity contribution < 1.29 is 22.7 Å². The smallest absolute Gasteiger partial charge is 0.416 e. The molecule has 1 aromatic heterocycles. The number of rotatable bonds is 4. The number of nitrogens with zero attached hydrogens (tertiary/aromatic N) is 3. The molecule has 5 rings (SSSR count). The number of anilines is 1. The van der Waals surface area contributed by atoms with Gasteiger partial charge in [-0.2, -0.15) is 18.3 Å². The van der Waals surface area contributed by atoms with Crippen LogP contribution in [0.1, 0.15) is 54.2 Å². The Hall–Kier alpha value is -3.49. The first-order chi connectivity index (χ1) is 16.6. The van der Waals surface area contributed by atoms with E-state index in [2.05, 4.69) is 36.4 Å². The van der Waals surface area contributed by atoms with E-state index in [0.29, 0.717) is 36.6 Å². The summed E-state index contributed by atoms with van der Waals surface area (Å²) in [4.78, 5) is 15.2. The molecule has 1 fully saturated rings. The number of benzene rings is 2. The van der Waals surface area contributed by atoms with Gasteiger partial charge in [0.2, 0.25) is 0 Å². The van der Waals surface area contributed by atoms with Crippen molar-refractivity contribution in [3.8, 4) is 5.75 Å². The van der Waals surface area contributed by atoms with Crippen LogP contribution in [0.4, 0.5) is 19.0 Å². The molecule has 2 aliphatic rings. The number of nitrogens with one attached hydrogen (secondary N) is 1. The number of carbonyl (C=O) groups is 1. The number of ether oxygens (including phenoxy) is 1. The maximum Gasteiger partial charge on any atom is 0.416 e. The van der Waals surface area contributed by atoms with Gasteiger partial charge in [0.15, 0.2) is 0 Å². The summed E-state index contributed by atoms with van der Waals surface area (Å²) < 4.78 is 46.1. The van der Waals surface area contributed by atoms with Crippen LogP contribution in [-0.2, 0) is 11.7 Å². The zero-order valence-electron chi connectivity index (χ0n) is 19.5. The van der Waals surface area contributed by atoms with E-state index < -0.39 is 11.7 Å². The van der Waals surface area contributed by atoms with Crippen molar-refractivity contribution in [1.82, 2.24) is 14.7 Å². The van der Waals surface area contributed by atoms with Crippen molar-refractivity contribution in [3.05, 3.63) is 77.5 Å². The Bertz CT molecular complexity index is 1210. The Morgan fingerprint density at radius 3 is 2.51 bits per heavy atom. The minimum absolute atomic E-state index is 0.0521. The summed E-state index contributed by atoms with van der Waals surface area (Å²) in [6, 6.07) is 14.8. The van der Waals surface area contributed by atoms with Crippen molar-refractivity contribution >= 4 is 11.7 Å².